The van der Waals surface area contributed by atoms with Crippen molar-refractivity contribution in [1.82, 2.24) is 15.0 Å². The zero-order valence-corrected chi connectivity index (χ0v) is 11.1. The van der Waals surface area contributed by atoms with Gasteiger partial charge in [0.05, 0.1) is 16.6 Å². The molecule has 2 aromatic heterocycles. The van der Waals surface area contributed by atoms with Gasteiger partial charge in [-0.25, -0.2) is 4.98 Å². The van der Waals surface area contributed by atoms with E-state index in [2.05, 4.69) is 40.1 Å². The highest BCUT2D eigenvalue weighted by Gasteiger charge is 2.10. The van der Waals surface area contributed by atoms with E-state index in [4.69, 9.17) is 0 Å². The van der Waals surface area contributed by atoms with Crippen LogP contribution in [0.2, 0.25) is 0 Å². The van der Waals surface area contributed by atoms with Gasteiger partial charge in [0.15, 0.2) is 0 Å². The molecule has 2 heterocycles. The standard InChI is InChI=1S/C17H13N3/c1-11-8-9-13(12-5-4-10-18-16(11)12)17-19-14-6-2-3-7-15(14)20-17/h2-10H,1H3,(H,19,20). The summed E-state index contributed by atoms with van der Waals surface area (Å²) >= 11 is 0. The number of rotatable bonds is 1. The summed E-state index contributed by atoms with van der Waals surface area (Å²) in [7, 11) is 0. The topological polar surface area (TPSA) is 41.6 Å². The minimum absolute atomic E-state index is 0.893. The van der Waals surface area contributed by atoms with Crippen LogP contribution < -0.4 is 0 Å². The zero-order valence-electron chi connectivity index (χ0n) is 11.1. The number of fused-ring (bicyclic) bond motifs is 2. The highest BCUT2D eigenvalue weighted by molar-refractivity contribution is 5.96. The number of aromatic amines is 1. The second kappa shape index (κ2) is 4.17. The summed E-state index contributed by atoms with van der Waals surface area (Å²) < 4.78 is 0. The molecule has 0 aliphatic carbocycles. The molecule has 0 radical (unpaired) electrons. The highest BCUT2D eigenvalue weighted by Crippen LogP contribution is 2.28. The van der Waals surface area contributed by atoms with E-state index >= 15 is 0 Å². The average Bonchev–Trinajstić information content (AvgIpc) is 2.91. The van der Waals surface area contributed by atoms with Crippen LogP contribution in [-0.4, -0.2) is 15.0 Å². The van der Waals surface area contributed by atoms with Crippen molar-refractivity contribution in [2.75, 3.05) is 0 Å². The predicted molar refractivity (Wildman–Crippen MR) is 81.6 cm³/mol. The van der Waals surface area contributed by atoms with Crippen molar-refractivity contribution >= 4 is 21.9 Å². The third-order valence-corrected chi connectivity index (χ3v) is 3.62. The second-order valence-corrected chi connectivity index (χ2v) is 4.93. The maximum absolute atomic E-state index is 4.68. The van der Waals surface area contributed by atoms with Gasteiger partial charge in [0.1, 0.15) is 5.82 Å². The number of para-hydroxylation sites is 2. The number of benzene rings is 2. The number of hydrogen-bond acceptors (Lipinski definition) is 2. The normalized spacial score (nSPS) is 11.2. The third-order valence-electron chi connectivity index (χ3n) is 3.62. The fourth-order valence-electron chi connectivity index (χ4n) is 2.60. The lowest BCUT2D eigenvalue weighted by atomic mass is 10.0. The van der Waals surface area contributed by atoms with E-state index in [1.165, 1.54) is 5.56 Å². The third kappa shape index (κ3) is 1.60. The molecular weight excluding hydrogens is 246 g/mol. The smallest absolute Gasteiger partial charge is 0.139 e. The SMILES string of the molecule is Cc1ccc(-c2nc3ccccc3[nH]2)c2cccnc12. The summed E-state index contributed by atoms with van der Waals surface area (Å²) in [5.41, 5.74) is 5.35. The van der Waals surface area contributed by atoms with Gasteiger partial charge in [-0.15, -0.1) is 0 Å². The Morgan fingerprint density at radius 3 is 2.75 bits per heavy atom. The Labute approximate surface area is 116 Å². The van der Waals surface area contributed by atoms with Crippen molar-refractivity contribution in [3.63, 3.8) is 0 Å². The first kappa shape index (κ1) is 11.2. The minimum Gasteiger partial charge on any atom is -0.338 e. The first-order chi connectivity index (χ1) is 9.83. The van der Waals surface area contributed by atoms with E-state index in [1.54, 1.807) is 0 Å². The van der Waals surface area contributed by atoms with E-state index in [0.717, 1.165) is 33.3 Å². The Morgan fingerprint density at radius 2 is 1.85 bits per heavy atom. The number of imidazole rings is 1. The highest BCUT2D eigenvalue weighted by atomic mass is 14.9. The van der Waals surface area contributed by atoms with Crippen molar-refractivity contribution in [2.45, 2.75) is 6.92 Å². The Balaban J connectivity index is 2.04. The molecule has 0 unspecified atom stereocenters. The molecule has 2 aromatic carbocycles. The van der Waals surface area contributed by atoms with Gasteiger partial charge in [0.2, 0.25) is 0 Å². The van der Waals surface area contributed by atoms with Crippen LogP contribution >= 0.6 is 0 Å². The summed E-state index contributed by atoms with van der Waals surface area (Å²) in [5, 5.41) is 1.13. The van der Waals surface area contributed by atoms with Crippen LogP contribution in [0.3, 0.4) is 0 Å². The molecule has 20 heavy (non-hydrogen) atoms. The number of aromatic nitrogens is 3. The lowest BCUT2D eigenvalue weighted by molar-refractivity contribution is 1.32. The van der Waals surface area contributed by atoms with Gasteiger partial charge in [-0.2, -0.15) is 0 Å². The van der Waals surface area contributed by atoms with Gasteiger partial charge in [0, 0.05) is 17.1 Å². The molecule has 0 fully saturated rings. The number of nitrogens with one attached hydrogen (secondary N) is 1. The maximum Gasteiger partial charge on any atom is 0.139 e. The average molecular weight is 259 g/mol. The molecule has 0 amide bonds. The van der Waals surface area contributed by atoms with Crippen molar-refractivity contribution in [3.8, 4) is 11.4 Å². The van der Waals surface area contributed by atoms with Crippen LogP contribution in [0.15, 0.2) is 54.7 Å². The summed E-state index contributed by atoms with van der Waals surface area (Å²) in [5.74, 6) is 0.893. The Hall–Kier alpha value is -2.68. The number of hydrogen-bond donors (Lipinski definition) is 1. The largest absolute Gasteiger partial charge is 0.338 e. The molecule has 1 N–H and O–H groups in total. The van der Waals surface area contributed by atoms with Gasteiger partial charge in [-0.05, 0) is 30.7 Å². The van der Waals surface area contributed by atoms with E-state index in [-0.39, 0.29) is 0 Å². The van der Waals surface area contributed by atoms with Crippen molar-refractivity contribution < 1.29 is 0 Å². The molecule has 4 aromatic rings. The first-order valence-corrected chi connectivity index (χ1v) is 6.62. The number of H-pyrrole nitrogens is 1. The zero-order chi connectivity index (χ0) is 13.5. The molecule has 0 aliphatic rings. The van der Waals surface area contributed by atoms with Gasteiger partial charge in [-0.1, -0.05) is 30.3 Å². The predicted octanol–water partition coefficient (Wildman–Crippen LogP) is 4.09. The molecule has 3 nitrogen and oxygen atoms in total. The molecule has 0 spiro atoms. The van der Waals surface area contributed by atoms with Crippen LogP contribution in [0.5, 0.6) is 0 Å². The Kier molecular flexibility index (Phi) is 2.33. The summed E-state index contributed by atoms with van der Waals surface area (Å²) in [6, 6.07) is 16.3. The molecule has 3 heteroatoms. The summed E-state index contributed by atoms with van der Waals surface area (Å²) in [6.07, 6.45) is 1.83. The van der Waals surface area contributed by atoms with Gasteiger partial charge in [-0.3, -0.25) is 4.98 Å². The Bertz CT molecular complexity index is 889. The first-order valence-electron chi connectivity index (χ1n) is 6.62. The van der Waals surface area contributed by atoms with Crippen LogP contribution in [0.25, 0.3) is 33.3 Å². The summed E-state index contributed by atoms with van der Waals surface area (Å²) in [4.78, 5) is 12.5. The van der Waals surface area contributed by atoms with Crippen molar-refractivity contribution in [2.24, 2.45) is 0 Å². The van der Waals surface area contributed by atoms with Gasteiger partial charge in [0.25, 0.3) is 0 Å². The minimum atomic E-state index is 0.893. The molecule has 0 atom stereocenters. The van der Waals surface area contributed by atoms with Crippen LogP contribution in [0, 0.1) is 6.92 Å². The molecule has 0 saturated carbocycles. The monoisotopic (exact) mass is 259 g/mol. The lowest BCUT2D eigenvalue weighted by Crippen LogP contribution is -1.88. The quantitative estimate of drug-likeness (QED) is 0.559. The summed E-state index contributed by atoms with van der Waals surface area (Å²) in [6.45, 7) is 2.08. The van der Waals surface area contributed by atoms with E-state index in [1.807, 2.05) is 36.5 Å². The molecular formula is C17H13N3. The van der Waals surface area contributed by atoms with Gasteiger partial charge < -0.3 is 4.98 Å². The van der Waals surface area contributed by atoms with Crippen molar-refractivity contribution in [1.29, 1.82) is 0 Å². The van der Waals surface area contributed by atoms with E-state index < -0.39 is 0 Å². The van der Waals surface area contributed by atoms with E-state index in [0.29, 0.717) is 0 Å². The molecule has 0 aliphatic heterocycles. The van der Waals surface area contributed by atoms with Gasteiger partial charge >= 0.3 is 0 Å². The van der Waals surface area contributed by atoms with Crippen LogP contribution in [-0.2, 0) is 0 Å². The second-order valence-electron chi connectivity index (χ2n) is 4.93. The molecule has 0 bridgehead atoms. The number of pyridine rings is 1. The van der Waals surface area contributed by atoms with E-state index in [9.17, 15) is 0 Å². The maximum atomic E-state index is 4.68. The fraction of sp³-hybridized carbons (Fsp3) is 0.0588. The van der Waals surface area contributed by atoms with Crippen molar-refractivity contribution in [3.05, 3.63) is 60.3 Å². The lowest BCUT2D eigenvalue weighted by Gasteiger charge is -2.05. The molecule has 4 rings (SSSR count). The van der Waals surface area contributed by atoms with Crippen LogP contribution in [0.4, 0.5) is 0 Å². The molecule has 96 valence electrons. The molecule has 0 saturated heterocycles. The van der Waals surface area contributed by atoms with Crippen LogP contribution in [0.1, 0.15) is 5.56 Å². The Morgan fingerprint density at radius 1 is 0.950 bits per heavy atom. The fourth-order valence-corrected chi connectivity index (χ4v) is 2.60. The number of nitrogens with zero attached hydrogens (tertiary/aromatic N) is 2. The number of aryl methyl sites for hydroxylation is 1.